The molecular formula is C15H15N3OS2. The summed E-state index contributed by atoms with van der Waals surface area (Å²) >= 11 is 2.97. The molecule has 0 saturated heterocycles. The number of nitrogens with one attached hydrogen (secondary N) is 1. The number of hydrogen-bond acceptors (Lipinski definition) is 5. The molecular weight excluding hydrogens is 302 g/mol. The van der Waals surface area contributed by atoms with E-state index in [0.29, 0.717) is 5.69 Å². The third-order valence-corrected chi connectivity index (χ3v) is 4.58. The predicted molar refractivity (Wildman–Crippen MR) is 91.6 cm³/mol. The van der Waals surface area contributed by atoms with Gasteiger partial charge in [0.1, 0.15) is 10.1 Å². The van der Waals surface area contributed by atoms with Crippen molar-refractivity contribution in [2.75, 3.05) is 12.5 Å². The first-order chi connectivity index (χ1) is 10.2. The normalized spacial score (nSPS) is 10.0. The van der Waals surface area contributed by atoms with Gasteiger partial charge in [0, 0.05) is 6.20 Å². The van der Waals surface area contributed by atoms with Crippen LogP contribution in [-0.4, -0.2) is 27.8 Å². The second kappa shape index (κ2) is 7.85. The molecule has 108 valence electrons. The molecule has 1 heterocycles. The summed E-state index contributed by atoms with van der Waals surface area (Å²) in [7, 11) is 0. The van der Waals surface area contributed by atoms with Crippen molar-refractivity contribution in [3.05, 3.63) is 54.4 Å². The Morgan fingerprint density at radius 2 is 1.81 bits per heavy atom. The summed E-state index contributed by atoms with van der Waals surface area (Å²) in [5.74, 6) is -0.312. The van der Waals surface area contributed by atoms with Crippen molar-refractivity contribution >= 4 is 33.8 Å². The fraction of sp³-hybridized carbons (Fsp3) is 0.133. The molecule has 0 radical (unpaired) electrons. The largest absolute Gasteiger partial charge is 0.290 e. The van der Waals surface area contributed by atoms with Crippen LogP contribution in [0.3, 0.4) is 0 Å². The summed E-state index contributed by atoms with van der Waals surface area (Å²) in [5, 5.41) is 4.04. The highest BCUT2D eigenvalue weighted by molar-refractivity contribution is 8.38. The Bertz CT molecular complexity index is 638. The van der Waals surface area contributed by atoms with Crippen LogP contribution in [0.15, 0.2) is 53.8 Å². The molecule has 0 atom stereocenters. The van der Waals surface area contributed by atoms with E-state index in [1.54, 1.807) is 12.3 Å². The van der Waals surface area contributed by atoms with Crippen LogP contribution >= 0.6 is 23.5 Å². The van der Waals surface area contributed by atoms with E-state index in [9.17, 15) is 4.79 Å². The van der Waals surface area contributed by atoms with E-state index in [2.05, 4.69) is 15.5 Å². The molecule has 0 unspecified atom stereocenters. The molecule has 2 rings (SSSR count). The van der Waals surface area contributed by atoms with Gasteiger partial charge in [-0.05, 0) is 35.8 Å². The Kier molecular flexibility index (Phi) is 5.83. The van der Waals surface area contributed by atoms with Gasteiger partial charge in [0.25, 0.3) is 5.91 Å². The van der Waals surface area contributed by atoms with Crippen LogP contribution < -0.4 is 5.43 Å². The van der Waals surface area contributed by atoms with Crippen molar-refractivity contribution in [2.45, 2.75) is 0 Å². The highest BCUT2D eigenvalue weighted by Gasteiger charge is 2.08. The lowest BCUT2D eigenvalue weighted by Crippen LogP contribution is -2.19. The first-order valence-corrected chi connectivity index (χ1v) is 8.67. The quantitative estimate of drug-likeness (QED) is 0.535. The smallest absolute Gasteiger partial charge is 0.266 e. The van der Waals surface area contributed by atoms with Crippen molar-refractivity contribution in [1.82, 2.24) is 10.4 Å². The second-order valence-electron chi connectivity index (χ2n) is 4.02. The number of pyridine rings is 1. The fourth-order valence-electron chi connectivity index (χ4n) is 1.69. The molecule has 1 N–H and O–H groups in total. The van der Waals surface area contributed by atoms with Crippen molar-refractivity contribution in [1.29, 1.82) is 0 Å². The van der Waals surface area contributed by atoms with Crippen molar-refractivity contribution in [3.8, 4) is 11.1 Å². The number of thioether (sulfide) groups is 2. The molecule has 2 aromatic rings. The zero-order chi connectivity index (χ0) is 15.1. The standard InChI is InChI=1S/C15H15N3OS2/c1-20-15(21-2)18-17-14(19)13-10-12(8-9-16-13)11-6-4-3-5-7-11/h3-10H,1-2H3,(H,17,19). The van der Waals surface area contributed by atoms with E-state index in [0.717, 1.165) is 15.5 Å². The van der Waals surface area contributed by atoms with Gasteiger partial charge in [0.2, 0.25) is 0 Å². The van der Waals surface area contributed by atoms with Gasteiger partial charge in [-0.15, -0.1) is 23.5 Å². The lowest BCUT2D eigenvalue weighted by Gasteiger charge is -2.04. The fourth-order valence-corrected chi connectivity index (χ4v) is 2.63. The number of hydrogen-bond donors (Lipinski definition) is 1. The number of benzene rings is 1. The van der Waals surface area contributed by atoms with E-state index >= 15 is 0 Å². The van der Waals surface area contributed by atoms with Crippen LogP contribution in [0, 0.1) is 0 Å². The van der Waals surface area contributed by atoms with Gasteiger partial charge in [0.15, 0.2) is 0 Å². The van der Waals surface area contributed by atoms with Crippen molar-refractivity contribution in [2.24, 2.45) is 5.10 Å². The highest BCUT2D eigenvalue weighted by atomic mass is 32.2. The minimum absolute atomic E-state index is 0.312. The third kappa shape index (κ3) is 4.34. The van der Waals surface area contributed by atoms with Crippen LogP contribution in [0.4, 0.5) is 0 Å². The van der Waals surface area contributed by atoms with Crippen molar-refractivity contribution in [3.63, 3.8) is 0 Å². The molecule has 0 saturated carbocycles. The average molecular weight is 317 g/mol. The number of carbonyl (C=O) groups is 1. The average Bonchev–Trinajstić information content (AvgIpc) is 2.56. The molecule has 1 amide bonds. The number of amides is 1. The summed E-state index contributed by atoms with van der Waals surface area (Å²) in [6, 6.07) is 13.5. The maximum Gasteiger partial charge on any atom is 0.290 e. The summed E-state index contributed by atoms with van der Waals surface area (Å²) in [4.78, 5) is 16.2. The van der Waals surface area contributed by atoms with Gasteiger partial charge >= 0.3 is 0 Å². The zero-order valence-electron chi connectivity index (χ0n) is 11.7. The highest BCUT2D eigenvalue weighted by Crippen LogP contribution is 2.18. The Balaban J connectivity index is 2.18. The second-order valence-corrected chi connectivity index (χ2v) is 5.87. The molecule has 1 aromatic heterocycles. The van der Waals surface area contributed by atoms with E-state index < -0.39 is 0 Å². The van der Waals surface area contributed by atoms with Crippen LogP contribution in [-0.2, 0) is 0 Å². The van der Waals surface area contributed by atoms with Crippen LogP contribution in [0.5, 0.6) is 0 Å². The van der Waals surface area contributed by atoms with Gasteiger partial charge in [0.05, 0.1) is 0 Å². The lowest BCUT2D eigenvalue weighted by molar-refractivity contribution is 0.0950. The van der Waals surface area contributed by atoms with Gasteiger partial charge in [-0.1, -0.05) is 30.3 Å². The maximum atomic E-state index is 12.1. The molecule has 1 aromatic carbocycles. The Labute approximate surface area is 132 Å². The summed E-state index contributed by atoms with van der Waals surface area (Å²) in [6.07, 6.45) is 5.45. The van der Waals surface area contributed by atoms with Crippen LogP contribution in [0.1, 0.15) is 10.5 Å². The first kappa shape index (κ1) is 15.6. The topological polar surface area (TPSA) is 54.4 Å². The van der Waals surface area contributed by atoms with Crippen molar-refractivity contribution < 1.29 is 4.79 Å². The lowest BCUT2D eigenvalue weighted by atomic mass is 10.1. The molecule has 0 spiro atoms. The molecule has 0 bridgehead atoms. The number of nitrogens with zero attached hydrogens (tertiary/aromatic N) is 2. The van der Waals surface area contributed by atoms with E-state index in [-0.39, 0.29) is 5.91 Å². The zero-order valence-corrected chi connectivity index (χ0v) is 13.4. The number of hydrazone groups is 1. The van der Waals surface area contributed by atoms with Gasteiger partial charge in [-0.3, -0.25) is 9.78 Å². The molecule has 0 aliphatic carbocycles. The summed E-state index contributed by atoms with van der Waals surface area (Å²) in [5.41, 5.74) is 4.87. The minimum atomic E-state index is -0.312. The monoisotopic (exact) mass is 317 g/mol. The first-order valence-electron chi connectivity index (χ1n) is 6.22. The predicted octanol–water partition coefficient (Wildman–Crippen LogP) is 3.48. The van der Waals surface area contributed by atoms with E-state index in [1.807, 2.05) is 48.9 Å². The van der Waals surface area contributed by atoms with E-state index in [1.165, 1.54) is 23.5 Å². The Morgan fingerprint density at radius 3 is 2.48 bits per heavy atom. The van der Waals surface area contributed by atoms with Gasteiger partial charge < -0.3 is 0 Å². The van der Waals surface area contributed by atoms with Crippen LogP contribution in [0.25, 0.3) is 11.1 Å². The maximum absolute atomic E-state index is 12.1. The van der Waals surface area contributed by atoms with E-state index in [4.69, 9.17) is 0 Å². The molecule has 0 aliphatic heterocycles. The summed E-state index contributed by atoms with van der Waals surface area (Å²) in [6.45, 7) is 0. The number of aromatic nitrogens is 1. The molecule has 4 nitrogen and oxygen atoms in total. The third-order valence-electron chi connectivity index (χ3n) is 2.70. The number of rotatable bonds is 3. The Hall–Kier alpha value is -1.79. The Morgan fingerprint density at radius 1 is 1.10 bits per heavy atom. The minimum Gasteiger partial charge on any atom is -0.266 e. The van der Waals surface area contributed by atoms with Crippen LogP contribution in [0.2, 0.25) is 0 Å². The molecule has 0 aliphatic rings. The SMILES string of the molecule is CSC(=NNC(=O)c1cc(-c2ccccc2)ccn1)SC. The molecule has 6 heteroatoms. The van der Waals surface area contributed by atoms with Gasteiger partial charge in [-0.2, -0.15) is 5.10 Å². The number of carbonyl (C=O) groups excluding carboxylic acids is 1. The molecule has 21 heavy (non-hydrogen) atoms. The van der Waals surface area contributed by atoms with Gasteiger partial charge in [-0.25, -0.2) is 5.43 Å². The molecule has 0 fully saturated rings. The summed E-state index contributed by atoms with van der Waals surface area (Å²) < 4.78 is 0.794.